The third kappa shape index (κ3) is 2.75. The minimum atomic E-state index is -0.849. The lowest BCUT2D eigenvalue weighted by Gasteiger charge is -2.14. The zero-order valence-electron chi connectivity index (χ0n) is 13.6. The Morgan fingerprint density at radius 2 is 1.81 bits per heavy atom. The van der Waals surface area contributed by atoms with E-state index in [1.165, 1.54) is 18.2 Å². The number of nitrogens with zero attached hydrogens (tertiary/aromatic N) is 1. The minimum absolute atomic E-state index is 0.118. The fourth-order valence-corrected chi connectivity index (χ4v) is 3.27. The maximum Gasteiger partial charge on any atom is 0.166 e. The number of hydrogen-bond acceptors (Lipinski definition) is 3. The van der Waals surface area contributed by atoms with E-state index in [0.717, 1.165) is 12.4 Å². The zero-order chi connectivity index (χ0) is 18.3. The number of benzene rings is 1. The van der Waals surface area contributed by atoms with Gasteiger partial charge in [-0.3, -0.25) is 9.78 Å². The number of Topliss-reactive ketones (excluding diaryl/α,β-unsaturated/α-hetero) is 1. The molecule has 26 heavy (non-hydrogen) atoms. The Bertz CT molecular complexity index is 993. The number of aromatic nitrogens is 2. The van der Waals surface area contributed by atoms with Crippen LogP contribution in [0.4, 0.5) is 24.5 Å². The van der Waals surface area contributed by atoms with Crippen LogP contribution >= 0.6 is 0 Å². The predicted octanol–water partition coefficient (Wildman–Crippen LogP) is 4.76. The number of hydrogen-bond donors (Lipinski definition) is 2. The van der Waals surface area contributed by atoms with E-state index >= 15 is 0 Å². The quantitative estimate of drug-likeness (QED) is 0.711. The number of carbonyl (C=O) groups is 1. The molecule has 0 unspecified atom stereocenters. The summed E-state index contributed by atoms with van der Waals surface area (Å²) in [7, 11) is 0. The van der Waals surface area contributed by atoms with Gasteiger partial charge in [-0.1, -0.05) is 6.07 Å². The Morgan fingerprint density at radius 1 is 1.04 bits per heavy atom. The van der Waals surface area contributed by atoms with E-state index in [4.69, 9.17) is 0 Å². The first-order valence-electron chi connectivity index (χ1n) is 8.14. The van der Waals surface area contributed by atoms with Gasteiger partial charge in [-0.15, -0.1) is 0 Å². The highest BCUT2D eigenvalue weighted by Gasteiger charge is 2.29. The van der Waals surface area contributed by atoms with Crippen LogP contribution in [0.15, 0.2) is 36.7 Å². The Morgan fingerprint density at radius 3 is 2.54 bits per heavy atom. The molecule has 132 valence electrons. The fourth-order valence-electron chi connectivity index (χ4n) is 3.27. The Balaban J connectivity index is 1.93. The van der Waals surface area contributed by atoms with Crippen molar-refractivity contribution in [2.75, 3.05) is 5.32 Å². The third-order valence-corrected chi connectivity index (χ3v) is 4.38. The van der Waals surface area contributed by atoms with Crippen LogP contribution in [-0.4, -0.2) is 15.8 Å². The molecule has 0 saturated heterocycles. The molecule has 0 radical (unpaired) electrons. The Hall–Kier alpha value is -3.09. The summed E-state index contributed by atoms with van der Waals surface area (Å²) in [6, 6.07) is 5.65. The molecule has 1 aliphatic rings. The fraction of sp³-hybridized carbons (Fsp3) is 0.158. The molecule has 1 aliphatic carbocycles. The Kier molecular flexibility index (Phi) is 3.99. The standard InChI is InChI=1S/C19H14F3N3O/c20-10-3-1-4-11(7-10)24-19-17-14(5-2-6-15(17)26)25-18(19)16-12(21)8-23-9-13(16)22/h1,3-4,7-9,24-25H,2,5-6H2. The van der Waals surface area contributed by atoms with E-state index in [1.807, 2.05) is 0 Å². The van der Waals surface area contributed by atoms with E-state index < -0.39 is 17.5 Å². The SMILES string of the molecule is O=C1CCCc2[nH]c(-c3c(F)cncc3F)c(Nc3cccc(F)c3)c21. The monoisotopic (exact) mass is 357 g/mol. The van der Waals surface area contributed by atoms with Crippen molar-refractivity contribution in [2.24, 2.45) is 0 Å². The topological polar surface area (TPSA) is 57.8 Å². The molecule has 2 N–H and O–H groups in total. The van der Waals surface area contributed by atoms with Gasteiger partial charge in [0.25, 0.3) is 0 Å². The smallest absolute Gasteiger partial charge is 0.166 e. The van der Waals surface area contributed by atoms with Gasteiger partial charge in [0.1, 0.15) is 5.82 Å². The van der Waals surface area contributed by atoms with Crippen molar-refractivity contribution in [3.63, 3.8) is 0 Å². The lowest BCUT2D eigenvalue weighted by atomic mass is 9.95. The van der Waals surface area contributed by atoms with E-state index in [-0.39, 0.29) is 22.7 Å². The molecule has 4 rings (SSSR count). The second-order valence-electron chi connectivity index (χ2n) is 6.12. The van der Waals surface area contributed by atoms with Gasteiger partial charge in [-0.2, -0.15) is 0 Å². The molecule has 4 nitrogen and oxygen atoms in total. The molecule has 2 heterocycles. The molecule has 0 saturated carbocycles. The molecule has 0 fully saturated rings. The van der Waals surface area contributed by atoms with Crippen molar-refractivity contribution < 1.29 is 18.0 Å². The largest absolute Gasteiger partial charge is 0.356 e. The molecule has 0 atom stereocenters. The van der Waals surface area contributed by atoms with Crippen molar-refractivity contribution >= 4 is 17.2 Å². The Labute approximate surface area is 147 Å². The number of aryl methyl sites for hydroxylation is 1. The summed E-state index contributed by atoms with van der Waals surface area (Å²) in [5, 5.41) is 2.96. The summed E-state index contributed by atoms with van der Waals surface area (Å²) in [5.41, 5.74) is 1.42. The molecule has 7 heteroatoms. The molecule has 0 amide bonds. The van der Waals surface area contributed by atoms with Crippen molar-refractivity contribution in [3.8, 4) is 11.3 Å². The number of H-pyrrole nitrogens is 1. The first-order valence-corrected chi connectivity index (χ1v) is 8.14. The zero-order valence-corrected chi connectivity index (χ0v) is 13.6. The van der Waals surface area contributed by atoms with Crippen molar-refractivity contribution in [1.29, 1.82) is 0 Å². The highest BCUT2D eigenvalue weighted by molar-refractivity contribution is 6.07. The van der Waals surface area contributed by atoms with E-state index in [9.17, 15) is 18.0 Å². The van der Waals surface area contributed by atoms with Gasteiger partial charge < -0.3 is 10.3 Å². The number of ketones is 1. The van der Waals surface area contributed by atoms with Gasteiger partial charge >= 0.3 is 0 Å². The molecule has 0 spiro atoms. The average Bonchev–Trinajstić information content (AvgIpc) is 2.94. The van der Waals surface area contributed by atoms with Gasteiger partial charge in [0.05, 0.1) is 34.9 Å². The number of fused-ring (bicyclic) bond motifs is 1. The molecule has 3 aromatic rings. The van der Waals surface area contributed by atoms with Gasteiger partial charge in [-0.25, -0.2) is 13.2 Å². The van der Waals surface area contributed by atoms with E-state index in [1.54, 1.807) is 6.07 Å². The number of pyridine rings is 1. The van der Waals surface area contributed by atoms with Crippen molar-refractivity contribution in [3.05, 3.63) is 65.4 Å². The number of halogens is 3. The van der Waals surface area contributed by atoms with Crippen LogP contribution in [0.2, 0.25) is 0 Å². The number of nitrogens with one attached hydrogen (secondary N) is 2. The van der Waals surface area contributed by atoms with Crippen LogP contribution in [0.25, 0.3) is 11.3 Å². The normalized spacial score (nSPS) is 13.6. The van der Waals surface area contributed by atoms with Crippen LogP contribution in [0.5, 0.6) is 0 Å². The van der Waals surface area contributed by atoms with Crippen LogP contribution in [0.3, 0.4) is 0 Å². The first-order chi connectivity index (χ1) is 12.5. The highest BCUT2D eigenvalue weighted by atomic mass is 19.1. The molecular weight excluding hydrogens is 343 g/mol. The predicted molar refractivity (Wildman–Crippen MR) is 90.9 cm³/mol. The maximum atomic E-state index is 14.3. The molecule has 2 aromatic heterocycles. The number of anilines is 2. The van der Waals surface area contributed by atoms with Crippen molar-refractivity contribution in [2.45, 2.75) is 19.3 Å². The number of carbonyl (C=O) groups excluding carboxylic acids is 1. The van der Waals surface area contributed by atoms with Gasteiger partial charge in [0, 0.05) is 17.8 Å². The minimum Gasteiger partial charge on any atom is -0.356 e. The van der Waals surface area contributed by atoms with E-state index in [2.05, 4.69) is 15.3 Å². The van der Waals surface area contributed by atoms with Crippen LogP contribution in [0, 0.1) is 17.5 Å². The summed E-state index contributed by atoms with van der Waals surface area (Å²) in [6.07, 6.45) is 3.42. The van der Waals surface area contributed by atoms with Gasteiger partial charge in [0.2, 0.25) is 0 Å². The second kappa shape index (κ2) is 6.33. The van der Waals surface area contributed by atoms with Gasteiger partial charge in [0.15, 0.2) is 17.4 Å². The highest BCUT2D eigenvalue weighted by Crippen LogP contribution is 2.40. The summed E-state index contributed by atoms with van der Waals surface area (Å²) in [5.74, 6) is -2.28. The summed E-state index contributed by atoms with van der Waals surface area (Å²) >= 11 is 0. The van der Waals surface area contributed by atoms with Crippen LogP contribution in [0.1, 0.15) is 28.9 Å². The maximum absolute atomic E-state index is 14.3. The summed E-state index contributed by atoms with van der Waals surface area (Å²) < 4.78 is 42.1. The average molecular weight is 357 g/mol. The molecule has 1 aromatic carbocycles. The lowest BCUT2D eigenvalue weighted by Crippen LogP contribution is -2.10. The number of aromatic amines is 1. The third-order valence-electron chi connectivity index (χ3n) is 4.38. The van der Waals surface area contributed by atoms with Crippen molar-refractivity contribution in [1.82, 2.24) is 9.97 Å². The lowest BCUT2D eigenvalue weighted by molar-refractivity contribution is 0.0973. The molecule has 0 bridgehead atoms. The summed E-state index contributed by atoms with van der Waals surface area (Å²) in [4.78, 5) is 18.9. The van der Waals surface area contributed by atoms with Crippen LogP contribution in [-0.2, 0) is 6.42 Å². The van der Waals surface area contributed by atoms with Gasteiger partial charge in [-0.05, 0) is 31.0 Å². The summed E-state index contributed by atoms with van der Waals surface area (Å²) in [6.45, 7) is 0. The molecular formula is C19H14F3N3O. The van der Waals surface area contributed by atoms with Crippen LogP contribution < -0.4 is 5.32 Å². The first kappa shape index (κ1) is 16.4. The van der Waals surface area contributed by atoms with E-state index in [0.29, 0.717) is 36.2 Å². The number of rotatable bonds is 3. The second-order valence-corrected chi connectivity index (χ2v) is 6.12. The molecule has 0 aliphatic heterocycles.